The Kier molecular flexibility index (Phi) is 5.40. The molecule has 2 saturated heterocycles. The number of methoxy groups -OCH3 is 1. The highest BCUT2D eigenvalue weighted by atomic mass is 35.5. The molecule has 2 aliphatic heterocycles. The molecule has 9 heteroatoms. The lowest BCUT2D eigenvalue weighted by Crippen LogP contribution is -2.37. The Balaban J connectivity index is 1.62. The highest BCUT2D eigenvalue weighted by Gasteiger charge is 2.60. The van der Waals surface area contributed by atoms with Crippen LogP contribution < -0.4 is 14.7 Å². The second-order valence-electron chi connectivity index (χ2n) is 7.67. The number of nitrogens with zero attached hydrogens (tertiary/aromatic N) is 2. The SMILES string of the molecule is COc1cccc([C@H]2[C@H]3C(=O)N(c4ccc(Cl)c(Cl)c4)C(=O)[C@@H]3ON2c2ccccc2)c1O. The van der Waals surface area contributed by atoms with Crippen LogP contribution in [-0.4, -0.2) is 30.1 Å². The number of carbonyl (C=O) groups excluding carboxylic acids is 2. The molecule has 2 aliphatic rings. The maximum absolute atomic E-state index is 13.6. The summed E-state index contributed by atoms with van der Waals surface area (Å²) in [6.07, 6.45) is -1.08. The third-order valence-corrected chi connectivity index (χ3v) is 6.60. The van der Waals surface area contributed by atoms with Gasteiger partial charge in [0.15, 0.2) is 17.6 Å². The summed E-state index contributed by atoms with van der Waals surface area (Å²) in [6.45, 7) is 0. The fraction of sp³-hybridized carbons (Fsp3) is 0.167. The number of amides is 2. The Morgan fingerprint density at radius 1 is 0.909 bits per heavy atom. The third kappa shape index (κ3) is 3.40. The molecule has 3 aromatic carbocycles. The average Bonchev–Trinajstić information content (AvgIpc) is 3.32. The molecule has 7 nitrogen and oxygen atoms in total. The highest BCUT2D eigenvalue weighted by molar-refractivity contribution is 6.42. The summed E-state index contributed by atoms with van der Waals surface area (Å²) in [5.41, 5.74) is 1.35. The molecule has 0 spiro atoms. The monoisotopic (exact) mass is 484 g/mol. The molecule has 0 aliphatic carbocycles. The van der Waals surface area contributed by atoms with Gasteiger partial charge >= 0.3 is 0 Å². The number of phenolic OH excluding ortho intramolecular Hbond substituents is 1. The lowest BCUT2D eigenvalue weighted by Gasteiger charge is -2.29. The van der Waals surface area contributed by atoms with Crippen LogP contribution in [0.4, 0.5) is 11.4 Å². The minimum Gasteiger partial charge on any atom is -0.504 e. The minimum absolute atomic E-state index is 0.122. The topological polar surface area (TPSA) is 79.3 Å². The van der Waals surface area contributed by atoms with E-state index in [-0.39, 0.29) is 16.5 Å². The molecule has 3 aromatic rings. The molecule has 5 rings (SSSR count). The molecule has 0 aromatic heterocycles. The van der Waals surface area contributed by atoms with Gasteiger partial charge in [0.05, 0.1) is 28.5 Å². The number of hydroxylamine groups is 1. The zero-order valence-corrected chi connectivity index (χ0v) is 18.8. The zero-order valence-electron chi connectivity index (χ0n) is 17.3. The second kappa shape index (κ2) is 8.26. The van der Waals surface area contributed by atoms with E-state index in [4.69, 9.17) is 32.8 Å². The number of para-hydroxylation sites is 2. The van der Waals surface area contributed by atoms with Crippen LogP contribution in [0.1, 0.15) is 11.6 Å². The number of carbonyl (C=O) groups is 2. The number of hydrogen-bond acceptors (Lipinski definition) is 6. The van der Waals surface area contributed by atoms with Crippen LogP contribution in [0.3, 0.4) is 0 Å². The molecule has 1 N–H and O–H groups in total. The molecular formula is C24H18Cl2N2O5. The summed E-state index contributed by atoms with van der Waals surface area (Å²) in [4.78, 5) is 34.1. The first kappa shape index (κ1) is 21.6. The van der Waals surface area contributed by atoms with Crippen molar-refractivity contribution in [2.75, 3.05) is 17.1 Å². The van der Waals surface area contributed by atoms with Crippen molar-refractivity contribution in [2.45, 2.75) is 12.1 Å². The van der Waals surface area contributed by atoms with Gasteiger partial charge in [0.1, 0.15) is 12.0 Å². The Hall–Kier alpha value is -3.26. The van der Waals surface area contributed by atoms with Crippen molar-refractivity contribution in [3.63, 3.8) is 0 Å². The summed E-state index contributed by atoms with van der Waals surface area (Å²) < 4.78 is 5.26. The minimum atomic E-state index is -1.08. The number of hydrogen-bond donors (Lipinski definition) is 1. The Morgan fingerprint density at radius 3 is 2.36 bits per heavy atom. The Bertz CT molecular complexity index is 1250. The number of imide groups is 1. The number of phenols is 1. The van der Waals surface area contributed by atoms with Crippen LogP contribution >= 0.6 is 23.2 Å². The number of benzene rings is 3. The fourth-order valence-corrected chi connectivity index (χ4v) is 4.64. The van der Waals surface area contributed by atoms with Gasteiger partial charge in [-0.2, -0.15) is 0 Å². The average molecular weight is 485 g/mol. The molecule has 0 radical (unpaired) electrons. The number of aromatic hydroxyl groups is 1. The maximum atomic E-state index is 13.6. The molecule has 3 atom stereocenters. The van der Waals surface area contributed by atoms with Crippen molar-refractivity contribution >= 4 is 46.4 Å². The molecular weight excluding hydrogens is 467 g/mol. The van der Waals surface area contributed by atoms with Crippen molar-refractivity contribution in [2.24, 2.45) is 5.92 Å². The molecule has 2 fully saturated rings. The summed E-state index contributed by atoms with van der Waals surface area (Å²) in [6, 6.07) is 17.9. The predicted octanol–water partition coefficient (Wildman–Crippen LogP) is 4.76. The van der Waals surface area contributed by atoms with Gasteiger partial charge < -0.3 is 9.84 Å². The zero-order chi connectivity index (χ0) is 23.3. The van der Waals surface area contributed by atoms with Crippen LogP contribution in [0.15, 0.2) is 66.7 Å². The van der Waals surface area contributed by atoms with Crippen LogP contribution in [0, 0.1) is 5.92 Å². The van der Waals surface area contributed by atoms with Crippen molar-refractivity contribution in [3.8, 4) is 11.5 Å². The van der Waals surface area contributed by atoms with Gasteiger partial charge in [-0.05, 0) is 36.4 Å². The van der Waals surface area contributed by atoms with E-state index in [1.807, 2.05) is 18.2 Å². The number of anilines is 2. The lowest BCUT2D eigenvalue weighted by atomic mass is 9.90. The standard InChI is InChI=1S/C24H18Cl2N2O5/c1-32-18-9-5-8-15(21(18)29)20-19-22(33-28(20)13-6-3-2-4-7-13)24(31)27(23(19)30)14-10-11-16(25)17(26)12-14/h2-12,19-20,22,29H,1H3/t19-,20+,22-/m1/s1. The summed E-state index contributed by atoms with van der Waals surface area (Å²) in [5.74, 6) is -1.76. The van der Waals surface area contributed by atoms with Gasteiger partial charge in [-0.3, -0.25) is 14.4 Å². The second-order valence-corrected chi connectivity index (χ2v) is 8.48. The van der Waals surface area contributed by atoms with Crippen molar-refractivity contribution in [3.05, 3.63) is 82.3 Å². The van der Waals surface area contributed by atoms with Gasteiger partial charge in [0.25, 0.3) is 5.91 Å². The van der Waals surface area contributed by atoms with E-state index in [9.17, 15) is 14.7 Å². The van der Waals surface area contributed by atoms with Crippen molar-refractivity contribution < 1.29 is 24.3 Å². The number of ether oxygens (including phenoxy) is 1. The quantitative estimate of drug-likeness (QED) is 0.537. The largest absolute Gasteiger partial charge is 0.504 e. The normalized spacial score (nSPS) is 22.1. The molecule has 168 valence electrons. The molecule has 2 amide bonds. The predicted molar refractivity (Wildman–Crippen MR) is 124 cm³/mol. The van der Waals surface area contributed by atoms with Crippen LogP contribution in [0.5, 0.6) is 11.5 Å². The van der Waals surface area contributed by atoms with E-state index in [1.165, 1.54) is 24.3 Å². The molecule has 0 unspecified atom stereocenters. The number of rotatable bonds is 4. The smallest absolute Gasteiger partial charge is 0.266 e. The molecule has 33 heavy (non-hydrogen) atoms. The first-order valence-electron chi connectivity index (χ1n) is 10.1. The van der Waals surface area contributed by atoms with E-state index in [2.05, 4.69) is 0 Å². The van der Waals surface area contributed by atoms with Gasteiger partial charge in [0, 0.05) is 5.56 Å². The van der Waals surface area contributed by atoms with Crippen molar-refractivity contribution in [1.82, 2.24) is 0 Å². The summed E-state index contributed by atoms with van der Waals surface area (Å²) in [7, 11) is 1.44. The van der Waals surface area contributed by atoms with E-state index < -0.39 is 29.9 Å². The van der Waals surface area contributed by atoms with Gasteiger partial charge in [0.2, 0.25) is 5.91 Å². The first-order valence-corrected chi connectivity index (χ1v) is 10.9. The molecule has 0 bridgehead atoms. The van der Waals surface area contributed by atoms with E-state index in [0.29, 0.717) is 22.0 Å². The Morgan fingerprint density at radius 2 is 1.67 bits per heavy atom. The van der Waals surface area contributed by atoms with Crippen LogP contribution in [-0.2, 0) is 14.4 Å². The van der Waals surface area contributed by atoms with Crippen LogP contribution in [0.2, 0.25) is 10.0 Å². The number of fused-ring (bicyclic) bond motifs is 1. The van der Waals surface area contributed by atoms with Gasteiger partial charge in [-0.1, -0.05) is 53.5 Å². The van der Waals surface area contributed by atoms with Crippen LogP contribution in [0.25, 0.3) is 0 Å². The van der Waals surface area contributed by atoms with E-state index in [1.54, 1.807) is 36.4 Å². The summed E-state index contributed by atoms with van der Waals surface area (Å²) in [5, 5.41) is 12.9. The number of halogens is 2. The summed E-state index contributed by atoms with van der Waals surface area (Å²) >= 11 is 12.1. The van der Waals surface area contributed by atoms with E-state index >= 15 is 0 Å². The highest BCUT2D eigenvalue weighted by Crippen LogP contribution is 2.50. The maximum Gasteiger partial charge on any atom is 0.266 e. The van der Waals surface area contributed by atoms with Gasteiger partial charge in [-0.25, -0.2) is 9.96 Å². The lowest BCUT2D eigenvalue weighted by molar-refractivity contribution is -0.126. The van der Waals surface area contributed by atoms with Gasteiger partial charge in [-0.15, -0.1) is 0 Å². The molecule has 2 heterocycles. The van der Waals surface area contributed by atoms with Crippen molar-refractivity contribution in [1.29, 1.82) is 0 Å². The van der Waals surface area contributed by atoms with E-state index in [0.717, 1.165) is 4.90 Å². The molecule has 0 saturated carbocycles. The Labute approximate surface area is 199 Å². The third-order valence-electron chi connectivity index (χ3n) is 5.86. The first-order chi connectivity index (χ1) is 15.9. The fourth-order valence-electron chi connectivity index (χ4n) is 4.35.